The highest BCUT2D eigenvalue weighted by Crippen LogP contribution is 2.17. The number of carbonyl (C=O) groups is 1. The summed E-state index contributed by atoms with van der Waals surface area (Å²) in [7, 11) is 0. The molecule has 0 amide bonds. The number of hydrogen-bond acceptors (Lipinski definition) is 5. The largest absolute Gasteiger partial charge is 0.466 e. The molecule has 0 saturated carbocycles. The molecule has 2 rings (SSSR count). The maximum Gasteiger partial charge on any atom is 0.311 e. The number of ether oxygens (including phenoxy) is 1. The summed E-state index contributed by atoms with van der Waals surface area (Å²) < 4.78 is 6.43. The summed E-state index contributed by atoms with van der Waals surface area (Å²) in [5.41, 5.74) is 0.648. The van der Waals surface area contributed by atoms with Gasteiger partial charge in [-0.25, -0.2) is 9.67 Å². The van der Waals surface area contributed by atoms with Gasteiger partial charge in [0.05, 0.1) is 18.7 Å². The predicted octanol–water partition coefficient (Wildman–Crippen LogP) is 2.09. The van der Waals surface area contributed by atoms with Crippen molar-refractivity contribution in [2.45, 2.75) is 13.3 Å². The SMILES string of the molecule is CCOC(=O)Cc1ccn(-c2nc(Cl)cs2)n1. The zero-order valence-electron chi connectivity index (χ0n) is 9.09. The Hall–Kier alpha value is -1.40. The van der Waals surface area contributed by atoms with Gasteiger partial charge in [0, 0.05) is 11.6 Å². The first kappa shape index (κ1) is 12.1. The van der Waals surface area contributed by atoms with E-state index in [2.05, 4.69) is 10.1 Å². The average Bonchev–Trinajstić information content (AvgIpc) is 2.87. The molecular weight excluding hydrogens is 262 g/mol. The molecule has 0 fully saturated rings. The predicted molar refractivity (Wildman–Crippen MR) is 64.6 cm³/mol. The molecule has 0 aliphatic rings. The molecule has 2 aromatic rings. The summed E-state index contributed by atoms with van der Waals surface area (Å²) in [6, 6.07) is 1.76. The van der Waals surface area contributed by atoms with Gasteiger partial charge in [-0.15, -0.1) is 11.3 Å². The first-order chi connectivity index (χ1) is 8.19. The third kappa shape index (κ3) is 3.04. The van der Waals surface area contributed by atoms with E-state index < -0.39 is 0 Å². The molecule has 90 valence electrons. The van der Waals surface area contributed by atoms with Crippen molar-refractivity contribution in [2.75, 3.05) is 6.61 Å². The quantitative estimate of drug-likeness (QED) is 0.799. The fourth-order valence-corrected chi connectivity index (χ4v) is 2.15. The zero-order valence-corrected chi connectivity index (χ0v) is 10.7. The van der Waals surface area contributed by atoms with Crippen LogP contribution < -0.4 is 0 Å². The van der Waals surface area contributed by atoms with Crippen molar-refractivity contribution in [1.82, 2.24) is 14.8 Å². The molecule has 0 N–H and O–H groups in total. The molecule has 0 aliphatic heterocycles. The summed E-state index contributed by atoms with van der Waals surface area (Å²) in [6.07, 6.45) is 1.91. The zero-order chi connectivity index (χ0) is 12.3. The van der Waals surface area contributed by atoms with Gasteiger partial charge in [-0.2, -0.15) is 5.10 Å². The van der Waals surface area contributed by atoms with Gasteiger partial charge >= 0.3 is 5.97 Å². The molecule has 0 aromatic carbocycles. The Kier molecular flexibility index (Phi) is 3.75. The van der Waals surface area contributed by atoms with Crippen LogP contribution in [0.2, 0.25) is 5.15 Å². The fraction of sp³-hybridized carbons (Fsp3) is 0.300. The van der Waals surface area contributed by atoms with Crippen LogP contribution in [0, 0.1) is 0 Å². The minimum absolute atomic E-state index is 0.167. The highest BCUT2D eigenvalue weighted by molar-refractivity contribution is 7.12. The fourth-order valence-electron chi connectivity index (χ4n) is 1.27. The minimum atomic E-state index is -0.282. The van der Waals surface area contributed by atoms with E-state index in [4.69, 9.17) is 16.3 Å². The van der Waals surface area contributed by atoms with Crippen LogP contribution in [-0.4, -0.2) is 27.3 Å². The number of nitrogens with zero attached hydrogens (tertiary/aromatic N) is 3. The molecule has 0 saturated heterocycles. The van der Waals surface area contributed by atoms with E-state index in [1.54, 1.807) is 29.2 Å². The second-order valence-electron chi connectivity index (χ2n) is 3.19. The number of aromatic nitrogens is 3. The van der Waals surface area contributed by atoms with E-state index in [1.807, 2.05) is 0 Å². The molecular formula is C10H10ClN3O2S. The first-order valence-corrected chi connectivity index (χ1v) is 6.26. The Morgan fingerprint density at radius 2 is 2.47 bits per heavy atom. The van der Waals surface area contributed by atoms with Gasteiger partial charge in [0.1, 0.15) is 5.15 Å². The summed E-state index contributed by atoms with van der Waals surface area (Å²) in [6.45, 7) is 2.15. The van der Waals surface area contributed by atoms with Crippen molar-refractivity contribution in [3.63, 3.8) is 0 Å². The topological polar surface area (TPSA) is 57.0 Å². The van der Waals surface area contributed by atoms with Crippen molar-refractivity contribution in [2.24, 2.45) is 0 Å². The van der Waals surface area contributed by atoms with E-state index in [0.29, 0.717) is 22.6 Å². The molecule has 2 heterocycles. The Balaban J connectivity index is 2.08. The van der Waals surface area contributed by atoms with E-state index >= 15 is 0 Å². The number of hydrogen-bond donors (Lipinski definition) is 0. The Labute approximate surface area is 107 Å². The normalized spacial score (nSPS) is 10.5. The number of halogens is 1. The van der Waals surface area contributed by atoms with Crippen molar-refractivity contribution in [3.8, 4) is 5.13 Å². The van der Waals surface area contributed by atoms with Gasteiger partial charge in [0.15, 0.2) is 0 Å². The Bertz CT molecular complexity index is 523. The average molecular weight is 272 g/mol. The van der Waals surface area contributed by atoms with Crippen LogP contribution in [0.4, 0.5) is 0 Å². The maximum absolute atomic E-state index is 11.3. The van der Waals surface area contributed by atoms with Crippen molar-refractivity contribution < 1.29 is 9.53 Å². The third-order valence-corrected chi connectivity index (χ3v) is 3.09. The van der Waals surface area contributed by atoms with Gasteiger partial charge in [0.25, 0.3) is 0 Å². The lowest BCUT2D eigenvalue weighted by atomic mass is 10.3. The highest BCUT2D eigenvalue weighted by Gasteiger charge is 2.09. The lowest BCUT2D eigenvalue weighted by molar-refractivity contribution is -0.142. The lowest BCUT2D eigenvalue weighted by Crippen LogP contribution is -2.08. The van der Waals surface area contributed by atoms with Crippen LogP contribution in [0.3, 0.4) is 0 Å². The third-order valence-electron chi connectivity index (χ3n) is 1.94. The highest BCUT2D eigenvalue weighted by atomic mass is 35.5. The van der Waals surface area contributed by atoms with Crippen molar-refractivity contribution in [3.05, 3.63) is 28.5 Å². The van der Waals surface area contributed by atoms with Crippen molar-refractivity contribution >= 4 is 28.9 Å². The Morgan fingerprint density at radius 1 is 1.65 bits per heavy atom. The van der Waals surface area contributed by atoms with Crippen LogP contribution in [0.5, 0.6) is 0 Å². The lowest BCUT2D eigenvalue weighted by Gasteiger charge is -1.98. The van der Waals surface area contributed by atoms with Crippen LogP contribution in [-0.2, 0) is 16.0 Å². The van der Waals surface area contributed by atoms with Gasteiger partial charge in [-0.1, -0.05) is 11.6 Å². The molecule has 0 aliphatic carbocycles. The Morgan fingerprint density at radius 3 is 3.12 bits per heavy atom. The molecule has 2 aromatic heterocycles. The monoisotopic (exact) mass is 271 g/mol. The smallest absolute Gasteiger partial charge is 0.311 e. The molecule has 0 radical (unpaired) electrons. The second-order valence-corrected chi connectivity index (χ2v) is 4.41. The van der Waals surface area contributed by atoms with E-state index in [9.17, 15) is 4.79 Å². The van der Waals surface area contributed by atoms with Gasteiger partial charge in [-0.3, -0.25) is 4.79 Å². The van der Waals surface area contributed by atoms with E-state index in [1.165, 1.54) is 11.3 Å². The van der Waals surface area contributed by atoms with Crippen LogP contribution in [0.15, 0.2) is 17.6 Å². The van der Waals surface area contributed by atoms with E-state index in [-0.39, 0.29) is 12.4 Å². The summed E-state index contributed by atoms with van der Waals surface area (Å²) in [5.74, 6) is -0.282. The standard InChI is InChI=1S/C10H10ClN3O2S/c1-2-16-9(15)5-7-3-4-14(13-7)10-12-8(11)6-17-10/h3-4,6H,2,5H2,1H3. The molecule has 0 atom stereocenters. The van der Waals surface area contributed by atoms with Crippen LogP contribution in [0.25, 0.3) is 5.13 Å². The molecule has 7 heteroatoms. The van der Waals surface area contributed by atoms with Gasteiger partial charge < -0.3 is 4.74 Å². The second kappa shape index (κ2) is 5.29. The van der Waals surface area contributed by atoms with Crippen LogP contribution >= 0.6 is 22.9 Å². The number of rotatable bonds is 4. The molecule has 0 spiro atoms. The molecule has 5 nitrogen and oxygen atoms in total. The molecule has 0 bridgehead atoms. The minimum Gasteiger partial charge on any atom is -0.466 e. The van der Waals surface area contributed by atoms with Crippen molar-refractivity contribution in [1.29, 1.82) is 0 Å². The maximum atomic E-state index is 11.3. The van der Waals surface area contributed by atoms with Crippen LogP contribution in [0.1, 0.15) is 12.6 Å². The number of carbonyl (C=O) groups excluding carboxylic acids is 1. The van der Waals surface area contributed by atoms with E-state index in [0.717, 1.165) is 0 Å². The van der Waals surface area contributed by atoms with Gasteiger partial charge in [0.2, 0.25) is 5.13 Å². The number of esters is 1. The summed E-state index contributed by atoms with van der Waals surface area (Å²) >= 11 is 7.11. The van der Waals surface area contributed by atoms with Gasteiger partial charge in [-0.05, 0) is 13.0 Å². The first-order valence-electron chi connectivity index (χ1n) is 5.00. The molecule has 17 heavy (non-hydrogen) atoms. The molecule has 0 unspecified atom stereocenters. The summed E-state index contributed by atoms with van der Waals surface area (Å²) in [4.78, 5) is 15.3. The number of thiazole rings is 1. The summed E-state index contributed by atoms with van der Waals surface area (Å²) in [5, 5.41) is 7.06.